The summed E-state index contributed by atoms with van der Waals surface area (Å²) in [5, 5.41) is 0. The van der Waals surface area contributed by atoms with Crippen LogP contribution in [0, 0.1) is 0 Å². The first-order valence-electron chi connectivity index (χ1n) is 15.0. The fraction of sp³-hybridized carbons (Fsp3) is 0.500. The van der Waals surface area contributed by atoms with E-state index < -0.39 is 15.9 Å². The fourth-order valence-corrected chi connectivity index (χ4v) is 26.8. The molecule has 0 aliphatic heterocycles. The Kier molecular flexibility index (Phi) is 8.85. The number of hydrogen-bond donors (Lipinski definition) is 0. The predicted molar refractivity (Wildman–Crippen MR) is 162 cm³/mol. The molecule has 0 nitrogen and oxygen atoms in total. The van der Waals surface area contributed by atoms with E-state index in [1.54, 1.807) is 3.21 Å². The van der Waals surface area contributed by atoms with E-state index in [2.05, 4.69) is 74.5 Å². The summed E-state index contributed by atoms with van der Waals surface area (Å²) < 4.78 is 1.89. The normalized spacial score (nSPS) is 21.5. The Labute approximate surface area is 233 Å². The van der Waals surface area contributed by atoms with Crippen LogP contribution in [0.25, 0.3) is 11.1 Å². The van der Waals surface area contributed by atoms with Crippen molar-refractivity contribution in [3.8, 4) is 0 Å². The second-order valence-electron chi connectivity index (χ2n) is 11.7. The molecule has 1 fully saturated rings. The first-order chi connectivity index (χ1) is 18.0. The average Bonchev–Trinajstić information content (AvgIpc) is 3.50. The molecule has 2 aromatic carbocycles. The van der Waals surface area contributed by atoms with Crippen molar-refractivity contribution in [1.29, 1.82) is 0 Å². The molecule has 0 radical (unpaired) electrons. The first-order valence-corrected chi connectivity index (χ1v) is 25.4. The van der Waals surface area contributed by atoms with E-state index >= 15 is 0 Å². The van der Waals surface area contributed by atoms with Crippen LogP contribution in [0.2, 0.25) is 0 Å². The number of allylic oxidation sites excluding steroid dienone is 4. The standard InChI is InChI=1S/2C14H17.C6H10.2ClH.Zr/c2*1-2-3-4-7-12-10-11-13-8-5-6-9-14(12)13;1-2-4-6-5-3-1;;;/h2*5-6,8-11H,2-4,7H2,1H3;1-5H2;2*1H;/q;;;;;+2/p-2. The minimum absolute atomic E-state index is 0.162. The monoisotopic (exact) mass is 612 g/mol. The molecule has 3 aliphatic rings. The molecule has 0 spiro atoms. The van der Waals surface area contributed by atoms with E-state index in [1.165, 1.54) is 91.2 Å². The third-order valence-electron chi connectivity index (χ3n) is 9.39. The third kappa shape index (κ3) is 5.12. The van der Waals surface area contributed by atoms with Crippen molar-refractivity contribution in [2.24, 2.45) is 0 Å². The van der Waals surface area contributed by atoms with E-state index in [1.807, 2.05) is 0 Å². The zero-order chi connectivity index (χ0) is 25.9. The molecular formula is C34H44Cl2Zr. The molecule has 2 aromatic rings. The summed E-state index contributed by atoms with van der Waals surface area (Å²) in [6.45, 7) is 4.57. The zero-order valence-corrected chi connectivity index (χ0v) is 26.8. The second kappa shape index (κ2) is 11.8. The molecule has 0 heterocycles. The molecule has 0 saturated heterocycles. The minimum atomic E-state index is -4.71. The second-order valence-corrected chi connectivity index (χ2v) is 33.0. The quantitative estimate of drug-likeness (QED) is 0.234. The van der Waals surface area contributed by atoms with Crippen LogP contribution >= 0.6 is 17.0 Å². The van der Waals surface area contributed by atoms with E-state index in [4.69, 9.17) is 17.0 Å². The first kappa shape index (κ1) is 27.8. The van der Waals surface area contributed by atoms with Gasteiger partial charge in [-0.05, 0) is 0 Å². The Hall–Kier alpha value is -0.747. The van der Waals surface area contributed by atoms with Crippen LogP contribution in [0.1, 0.15) is 127 Å². The molecule has 0 aromatic heterocycles. The Bertz CT molecular complexity index is 1170. The number of benzene rings is 2. The molecular weight excluding hydrogens is 571 g/mol. The summed E-state index contributed by atoms with van der Waals surface area (Å²) in [4.78, 5) is 0. The summed E-state index contributed by atoms with van der Waals surface area (Å²) >= 11 is -4.71. The number of halogens is 2. The molecule has 198 valence electrons. The van der Waals surface area contributed by atoms with Gasteiger partial charge in [-0.15, -0.1) is 0 Å². The molecule has 2 atom stereocenters. The van der Waals surface area contributed by atoms with Crippen molar-refractivity contribution < 1.29 is 15.9 Å². The van der Waals surface area contributed by atoms with Crippen molar-refractivity contribution in [3.63, 3.8) is 0 Å². The molecule has 3 aliphatic carbocycles. The van der Waals surface area contributed by atoms with Gasteiger partial charge in [0.25, 0.3) is 0 Å². The van der Waals surface area contributed by atoms with Gasteiger partial charge in [0, 0.05) is 0 Å². The van der Waals surface area contributed by atoms with Gasteiger partial charge in [0.1, 0.15) is 0 Å². The predicted octanol–water partition coefficient (Wildman–Crippen LogP) is 11.6. The Morgan fingerprint density at radius 1 is 0.649 bits per heavy atom. The molecule has 1 saturated carbocycles. The van der Waals surface area contributed by atoms with Gasteiger partial charge >= 0.3 is 235 Å². The van der Waals surface area contributed by atoms with E-state index in [0.29, 0.717) is 0 Å². The van der Waals surface area contributed by atoms with E-state index in [-0.39, 0.29) is 7.25 Å². The van der Waals surface area contributed by atoms with Gasteiger partial charge in [-0.2, -0.15) is 0 Å². The van der Waals surface area contributed by atoms with Crippen LogP contribution in [0.3, 0.4) is 0 Å². The zero-order valence-electron chi connectivity index (χ0n) is 22.9. The van der Waals surface area contributed by atoms with Crippen LogP contribution in [0.5, 0.6) is 0 Å². The summed E-state index contributed by atoms with van der Waals surface area (Å²) in [5.41, 5.74) is 8.64. The van der Waals surface area contributed by atoms with Gasteiger partial charge in [-0.3, -0.25) is 0 Å². The summed E-state index contributed by atoms with van der Waals surface area (Å²) in [7, 11) is 16.9. The third-order valence-corrected chi connectivity index (χ3v) is 30.6. The number of fused-ring (bicyclic) bond motifs is 2. The van der Waals surface area contributed by atoms with Crippen LogP contribution in [-0.4, -0.2) is 3.21 Å². The maximum absolute atomic E-state index is 8.44. The van der Waals surface area contributed by atoms with Crippen LogP contribution in [0.4, 0.5) is 0 Å². The van der Waals surface area contributed by atoms with Crippen molar-refractivity contribution in [1.82, 2.24) is 0 Å². The van der Waals surface area contributed by atoms with Gasteiger partial charge in [0.05, 0.1) is 0 Å². The van der Waals surface area contributed by atoms with E-state index in [0.717, 1.165) is 25.7 Å². The maximum atomic E-state index is 8.44. The van der Waals surface area contributed by atoms with Gasteiger partial charge in [-0.25, -0.2) is 0 Å². The summed E-state index contributed by atoms with van der Waals surface area (Å²) in [6.07, 6.45) is 20.9. The molecule has 3 heteroatoms. The van der Waals surface area contributed by atoms with Crippen molar-refractivity contribution in [2.75, 3.05) is 0 Å². The number of rotatable bonds is 10. The van der Waals surface area contributed by atoms with Crippen LogP contribution in [-0.2, 0) is 15.9 Å². The van der Waals surface area contributed by atoms with Gasteiger partial charge in [-0.1, -0.05) is 0 Å². The van der Waals surface area contributed by atoms with Gasteiger partial charge < -0.3 is 0 Å². The molecule has 0 bridgehead atoms. The van der Waals surface area contributed by atoms with E-state index in [9.17, 15) is 0 Å². The summed E-state index contributed by atoms with van der Waals surface area (Å²) in [5.74, 6) is 0. The van der Waals surface area contributed by atoms with Crippen molar-refractivity contribution in [2.45, 2.75) is 105 Å². The van der Waals surface area contributed by atoms with Gasteiger partial charge in [0.2, 0.25) is 0 Å². The Balaban J connectivity index is 1.70. The molecule has 5 rings (SSSR count). The SMILES string of the molecule is CCCCCC1=C[CH]([Zr]([Cl])([Cl])(=[C]2CCCCC2)[CH]2C=C(CCCCC)c3ccccc32)c2ccccc21. The molecule has 0 amide bonds. The van der Waals surface area contributed by atoms with Crippen LogP contribution < -0.4 is 0 Å². The number of unbranched alkanes of at least 4 members (excludes halogenated alkanes) is 4. The molecule has 2 unspecified atom stereocenters. The van der Waals surface area contributed by atoms with Crippen molar-refractivity contribution >= 4 is 31.4 Å². The topological polar surface area (TPSA) is 0 Å². The number of hydrogen-bond acceptors (Lipinski definition) is 0. The Morgan fingerprint density at radius 2 is 1.11 bits per heavy atom. The van der Waals surface area contributed by atoms with Gasteiger partial charge in [0.15, 0.2) is 0 Å². The Morgan fingerprint density at radius 3 is 1.57 bits per heavy atom. The molecule has 0 N–H and O–H groups in total. The van der Waals surface area contributed by atoms with Crippen LogP contribution in [0.15, 0.2) is 60.7 Å². The molecule has 37 heavy (non-hydrogen) atoms. The van der Waals surface area contributed by atoms with Crippen molar-refractivity contribution in [3.05, 3.63) is 82.9 Å². The summed E-state index contributed by atoms with van der Waals surface area (Å²) in [6, 6.07) is 18.2. The fourth-order valence-electron chi connectivity index (χ4n) is 7.41. The average molecular weight is 615 g/mol.